The summed E-state index contributed by atoms with van der Waals surface area (Å²) in [6.45, 7) is 4.88. The van der Waals surface area contributed by atoms with E-state index in [1.165, 1.54) is 4.68 Å². The minimum Gasteiger partial charge on any atom is -0.480 e. The van der Waals surface area contributed by atoms with E-state index >= 15 is 0 Å². The maximum atomic E-state index is 12.7. The highest BCUT2D eigenvalue weighted by Gasteiger charge is 2.17. The summed E-state index contributed by atoms with van der Waals surface area (Å²) >= 11 is 0. The summed E-state index contributed by atoms with van der Waals surface area (Å²) in [5.74, 6) is -0.950. The molecule has 2 heterocycles. The summed E-state index contributed by atoms with van der Waals surface area (Å²) in [6, 6.07) is 15.6. The first-order valence-corrected chi connectivity index (χ1v) is 9.61. The molecule has 0 bridgehead atoms. The molecule has 0 spiro atoms. The fourth-order valence-corrected chi connectivity index (χ4v) is 3.76. The zero-order chi connectivity index (χ0) is 20.5. The van der Waals surface area contributed by atoms with E-state index in [0.29, 0.717) is 18.8 Å². The molecule has 0 saturated carbocycles. The molecule has 2 aromatic carbocycles. The molecule has 0 aliphatic rings. The van der Waals surface area contributed by atoms with Crippen molar-refractivity contribution >= 4 is 17.0 Å². The van der Waals surface area contributed by atoms with E-state index in [0.717, 1.165) is 27.7 Å². The predicted octanol–water partition coefficient (Wildman–Crippen LogP) is 3.46. The SMILES string of the molecule is CCn1c(=O)n(CC)c2cc(-c3cn(CC(=O)O)nc3-c3ccccc3)ccc21. The Morgan fingerprint density at radius 2 is 1.66 bits per heavy atom. The molecule has 0 aliphatic heterocycles. The molecule has 0 radical (unpaired) electrons. The molecule has 4 rings (SSSR count). The van der Waals surface area contributed by atoms with Gasteiger partial charge in [0, 0.05) is 30.4 Å². The summed E-state index contributed by atoms with van der Waals surface area (Å²) in [5.41, 5.74) is 5.08. The van der Waals surface area contributed by atoms with Crippen LogP contribution in [0.5, 0.6) is 0 Å². The molecule has 0 amide bonds. The van der Waals surface area contributed by atoms with Gasteiger partial charge in [-0.15, -0.1) is 0 Å². The standard InChI is InChI=1S/C22H22N4O3/c1-3-25-18-11-10-16(12-19(18)26(4-2)22(25)29)17-13-24(14-20(27)28)23-21(17)15-8-6-5-7-9-15/h5-13H,3-4,14H2,1-2H3,(H,27,28). The smallest absolute Gasteiger partial charge is 0.329 e. The van der Waals surface area contributed by atoms with Crippen molar-refractivity contribution in [2.75, 3.05) is 0 Å². The predicted molar refractivity (Wildman–Crippen MR) is 112 cm³/mol. The van der Waals surface area contributed by atoms with Crippen LogP contribution in [0.15, 0.2) is 59.5 Å². The monoisotopic (exact) mass is 390 g/mol. The highest BCUT2D eigenvalue weighted by Crippen LogP contribution is 2.32. The fourth-order valence-electron chi connectivity index (χ4n) is 3.76. The van der Waals surface area contributed by atoms with Crippen LogP contribution in [0.2, 0.25) is 0 Å². The summed E-state index contributed by atoms with van der Waals surface area (Å²) in [7, 11) is 0. The Balaban J connectivity index is 1.94. The van der Waals surface area contributed by atoms with Gasteiger partial charge in [-0.3, -0.25) is 18.6 Å². The average molecular weight is 390 g/mol. The molecule has 2 aromatic heterocycles. The number of benzene rings is 2. The number of hydrogen-bond donors (Lipinski definition) is 1. The van der Waals surface area contributed by atoms with E-state index in [1.54, 1.807) is 15.3 Å². The van der Waals surface area contributed by atoms with E-state index in [2.05, 4.69) is 5.10 Å². The van der Waals surface area contributed by atoms with Crippen molar-refractivity contribution < 1.29 is 9.90 Å². The molecular weight excluding hydrogens is 368 g/mol. The topological polar surface area (TPSA) is 82.0 Å². The molecular formula is C22H22N4O3. The lowest BCUT2D eigenvalue weighted by atomic mass is 10.0. The second-order valence-electron chi connectivity index (χ2n) is 6.82. The zero-order valence-corrected chi connectivity index (χ0v) is 16.4. The van der Waals surface area contributed by atoms with Gasteiger partial charge in [0.25, 0.3) is 0 Å². The van der Waals surface area contributed by atoms with Gasteiger partial charge < -0.3 is 5.11 Å². The Hall–Kier alpha value is -3.61. The zero-order valence-electron chi connectivity index (χ0n) is 16.4. The first-order chi connectivity index (χ1) is 14.0. The van der Waals surface area contributed by atoms with Crippen LogP contribution >= 0.6 is 0 Å². The number of carbonyl (C=O) groups is 1. The van der Waals surface area contributed by atoms with Crippen LogP contribution in [-0.2, 0) is 24.4 Å². The minimum atomic E-state index is -0.950. The molecule has 148 valence electrons. The van der Waals surface area contributed by atoms with Crippen LogP contribution in [0.25, 0.3) is 33.4 Å². The second kappa shape index (κ2) is 7.43. The van der Waals surface area contributed by atoms with Crippen molar-refractivity contribution in [2.45, 2.75) is 33.5 Å². The molecule has 0 saturated heterocycles. The molecule has 7 nitrogen and oxygen atoms in total. The van der Waals surface area contributed by atoms with Crippen molar-refractivity contribution in [3.63, 3.8) is 0 Å². The first-order valence-electron chi connectivity index (χ1n) is 9.61. The Labute approximate surface area is 167 Å². The highest BCUT2D eigenvalue weighted by molar-refractivity contribution is 5.87. The van der Waals surface area contributed by atoms with Gasteiger partial charge in [-0.25, -0.2) is 4.79 Å². The van der Waals surface area contributed by atoms with Crippen molar-refractivity contribution in [3.8, 4) is 22.4 Å². The van der Waals surface area contributed by atoms with Crippen LogP contribution in [0.3, 0.4) is 0 Å². The number of carboxylic acids is 1. The average Bonchev–Trinajstić information content (AvgIpc) is 3.25. The van der Waals surface area contributed by atoms with Crippen molar-refractivity contribution in [2.24, 2.45) is 0 Å². The summed E-state index contributed by atoms with van der Waals surface area (Å²) in [4.78, 5) is 23.8. The van der Waals surface area contributed by atoms with Gasteiger partial charge >= 0.3 is 11.7 Å². The van der Waals surface area contributed by atoms with Crippen LogP contribution in [0, 0.1) is 0 Å². The normalized spacial score (nSPS) is 11.2. The summed E-state index contributed by atoms with van der Waals surface area (Å²) < 4.78 is 4.95. The maximum absolute atomic E-state index is 12.7. The van der Waals surface area contributed by atoms with Gasteiger partial charge in [-0.05, 0) is 31.5 Å². The number of nitrogens with zero attached hydrogens (tertiary/aromatic N) is 4. The van der Waals surface area contributed by atoms with Crippen molar-refractivity contribution in [3.05, 3.63) is 65.2 Å². The lowest BCUT2D eigenvalue weighted by Crippen LogP contribution is -2.22. The number of aryl methyl sites for hydroxylation is 2. The molecule has 0 fully saturated rings. The van der Waals surface area contributed by atoms with E-state index in [-0.39, 0.29) is 12.2 Å². The summed E-state index contributed by atoms with van der Waals surface area (Å²) in [5, 5.41) is 13.7. The number of rotatable bonds is 6. The fraction of sp³-hybridized carbons (Fsp3) is 0.227. The third-order valence-corrected chi connectivity index (χ3v) is 5.07. The van der Waals surface area contributed by atoms with Crippen molar-refractivity contribution in [1.29, 1.82) is 0 Å². The number of carboxylic acid groups (broad SMARTS) is 1. The number of aliphatic carboxylic acids is 1. The molecule has 0 unspecified atom stereocenters. The van der Waals surface area contributed by atoms with Gasteiger partial charge in [0.1, 0.15) is 12.2 Å². The van der Waals surface area contributed by atoms with Crippen LogP contribution in [0.1, 0.15) is 13.8 Å². The minimum absolute atomic E-state index is 0.0213. The molecule has 7 heteroatoms. The molecule has 29 heavy (non-hydrogen) atoms. The number of aromatic nitrogens is 4. The van der Waals surface area contributed by atoms with Gasteiger partial charge in [0.15, 0.2) is 0 Å². The Kier molecular flexibility index (Phi) is 4.80. The second-order valence-corrected chi connectivity index (χ2v) is 6.82. The van der Waals surface area contributed by atoms with Gasteiger partial charge in [0.2, 0.25) is 0 Å². The first kappa shape index (κ1) is 18.7. The number of imidazole rings is 1. The van der Waals surface area contributed by atoms with E-state index in [1.807, 2.05) is 62.4 Å². The van der Waals surface area contributed by atoms with E-state index in [4.69, 9.17) is 0 Å². The summed E-state index contributed by atoms with van der Waals surface area (Å²) in [6.07, 6.45) is 1.75. The lowest BCUT2D eigenvalue weighted by Gasteiger charge is -2.05. The van der Waals surface area contributed by atoms with Gasteiger partial charge in [0.05, 0.1) is 11.0 Å². The van der Waals surface area contributed by atoms with E-state index < -0.39 is 5.97 Å². The van der Waals surface area contributed by atoms with Crippen LogP contribution in [0.4, 0.5) is 0 Å². The highest BCUT2D eigenvalue weighted by atomic mass is 16.4. The third kappa shape index (κ3) is 3.24. The van der Waals surface area contributed by atoms with E-state index in [9.17, 15) is 14.7 Å². The van der Waals surface area contributed by atoms with Gasteiger partial charge in [-0.1, -0.05) is 36.4 Å². The molecule has 1 N–H and O–H groups in total. The van der Waals surface area contributed by atoms with Crippen LogP contribution in [-0.4, -0.2) is 30.0 Å². The quantitative estimate of drug-likeness (QED) is 0.547. The van der Waals surface area contributed by atoms with Crippen molar-refractivity contribution in [1.82, 2.24) is 18.9 Å². The number of hydrogen-bond acceptors (Lipinski definition) is 3. The third-order valence-electron chi connectivity index (χ3n) is 5.07. The van der Waals surface area contributed by atoms with Gasteiger partial charge in [-0.2, -0.15) is 5.10 Å². The lowest BCUT2D eigenvalue weighted by molar-refractivity contribution is -0.137. The Morgan fingerprint density at radius 3 is 2.31 bits per heavy atom. The molecule has 0 aliphatic carbocycles. The largest absolute Gasteiger partial charge is 0.480 e. The molecule has 4 aromatic rings. The maximum Gasteiger partial charge on any atom is 0.329 e. The Morgan fingerprint density at radius 1 is 0.966 bits per heavy atom. The Bertz CT molecular complexity index is 1250. The molecule has 0 atom stereocenters. The number of fused-ring (bicyclic) bond motifs is 1. The van der Waals surface area contributed by atoms with Crippen LogP contribution < -0.4 is 5.69 Å².